The third kappa shape index (κ3) is 5.05. The van der Waals surface area contributed by atoms with Gasteiger partial charge in [0.2, 0.25) is 5.91 Å². The zero-order valence-electron chi connectivity index (χ0n) is 10.6. The SMILES string of the molecule is CC[C@@H](CO)NC(=O)CNC(=O)c1cccc(F)c1. The van der Waals surface area contributed by atoms with Crippen molar-refractivity contribution < 1.29 is 19.1 Å². The van der Waals surface area contributed by atoms with E-state index >= 15 is 0 Å². The fourth-order valence-corrected chi connectivity index (χ4v) is 1.45. The second-order valence-corrected chi connectivity index (χ2v) is 4.05. The van der Waals surface area contributed by atoms with Gasteiger partial charge in [0.05, 0.1) is 19.2 Å². The van der Waals surface area contributed by atoms with E-state index in [2.05, 4.69) is 10.6 Å². The molecule has 19 heavy (non-hydrogen) atoms. The summed E-state index contributed by atoms with van der Waals surface area (Å²) in [5.41, 5.74) is 0.155. The second-order valence-electron chi connectivity index (χ2n) is 4.05. The fourth-order valence-electron chi connectivity index (χ4n) is 1.45. The average Bonchev–Trinajstić information content (AvgIpc) is 2.42. The highest BCUT2D eigenvalue weighted by atomic mass is 19.1. The van der Waals surface area contributed by atoms with Crippen LogP contribution >= 0.6 is 0 Å². The van der Waals surface area contributed by atoms with Crippen molar-refractivity contribution in [3.8, 4) is 0 Å². The number of halogens is 1. The van der Waals surface area contributed by atoms with Gasteiger partial charge in [-0.3, -0.25) is 9.59 Å². The lowest BCUT2D eigenvalue weighted by Crippen LogP contribution is -2.43. The summed E-state index contributed by atoms with van der Waals surface area (Å²) in [6, 6.07) is 4.88. The van der Waals surface area contributed by atoms with Gasteiger partial charge in [-0.15, -0.1) is 0 Å². The van der Waals surface area contributed by atoms with E-state index in [0.717, 1.165) is 6.07 Å². The van der Waals surface area contributed by atoms with E-state index in [-0.39, 0.29) is 24.8 Å². The first-order valence-electron chi connectivity index (χ1n) is 6.00. The first-order chi connectivity index (χ1) is 9.06. The highest BCUT2D eigenvalue weighted by Gasteiger charge is 2.11. The molecule has 0 heterocycles. The molecule has 2 amide bonds. The summed E-state index contributed by atoms with van der Waals surface area (Å²) in [7, 11) is 0. The van der Waals surface area contributed by atoms with E-state index in [9.17, 15) is 14.0 Å². The van der Waals surface area contributed by atoms with E-state index in [1.807, 2.05) is 6.92 Å². The molecular weight excluding hydrogens is 251 g/mol. The molecule has 1 aromatic carbocycles. The lowest BCUT2D eigenvalue weighted by atomic mass is 10.2. The highest BCUT2D eigenvalue weighted by molar-refractivity contribution is 5.96. The Labute approximate surface area is 110 Å². The van der Waals surface area contributed by atoms with Crippen LogP contribution in [0, 0.1) is 5.82 Å². The Morgan fingerprint density at radius 1 is 1.42 bits per heavy atom. The zero-order chi connectivity index (χ0) is 14.3. The summed E-state index contributed by atoms with van der Waals surface area (Å²) in [5, 5.41) is 13.9. The van der Waals surface area contributed by atoms with E-state index in [1.165, 1.54) is 18.2 Å². The molecule has 0 bridgehead atoms. The number of benzene rings is 1. The van der Waals surface area contributed by atoms with Crippen LogP contribution in [0.2, 0.25) is 0 Å². The minimum atomic E-state index is -0.522. The average molecular weight is 268 g/mol. The van der Waals surface area contributed by atoms with Crippen LogP contribution in [-0.4, -0.2) is 36.1 Å². The van der Waals surface area contributed by atoms with Gasteiger partial charge >= 0.3 is 0 Å². The summed E-state index contributed by atoms with van der Waals surface area (Å²) >= 11 is 0. The third-order valence-corrected chi connectivity index (χ3v) is 2.57. The molecule has 3 N–H and O–H groups in total. The molecule has 0 radical (unpaired) electrons. The predicted octanol–water partition coefficient (Wildman–Crippen LogP) is 0.443. The van der Waals surface area contributed by atoms with Crippen molar-refractivity contribution in [3.63, 3.8) is 0 Å². The van der Waals surface area contributed by atoms with Gasteiger partial charge in [0.1, 0.15) is 5.82 Å². The van der Waals surface area contributed by atoms with Crippen LogP contribution in [0.4, 0.5) is 4.39 Å². The first-order valence-corrected chi connectivity index (χ1v) is 6.00. The van der Waals surface area contributed by atoms with Crippen molar-refractivity contribution in [2.45, 2.75) is 19.4 Å². The molecule has 0 saturated carbocycles. The number of aliphatic hydroxyl groups is 1. The predicted molar refractivity (Wildman–Crippen MR) is 68.0 cm³/mol. The maximum absolute atomic E-state index is 12.9. The number of aliphatic hydroxyl groups excluding tert-OH is 1. The van der Waals surface area contributed by atoms with E-state index in [0.29, 0.717) is 6.42 Å². The van der Waals surface area contributed by atoms with Gasteiger partial charge in [0.25, 0.3) is 5.91 Å². The normalized spacial score (nSPS) is 11.7. The van der Waals surface area contributed by atoms with E-state index < -0.39 is 17.6 Å². The van der Waals surface area contributed by atoms with Gasteiger partial charge in [-0.1, -0.05) is 13.0 Å². The Morgan fingerprint density at radius 3 is 2.74 bits per heavy atom. The lowest BCUT2D eigenvalue weighted by Gasteiger charge is -2.14. The number of carbonyl (C=O) groups excluding carboxylic acids is 2. The first kappa shape index (κ1) is 15.1. The van der Waals surface area contributed by atoms with Crippen LogP contribution < -0.4 is 10.6 Å². The van der Waals surface area contributed by atoms with Crippen LogP contribution in [0.5, 0.6) is 0 Å². The maximum Gasteiger partial charge on any atom is 0.251 e. The fraction of sp³-hybridized carbons (Fsp3) is 0.385. The molecule has 0 aliphatic heterocycles. The smallest absolute Gasteiger partial charge is 0.251 e. The van der Waals surface area contributed by atoms with Gasteiger partial charge in [-0.25, -0.2) is 4.39 Å². The molecule has 0 aliphatic carbocycles. The molecule has 0 saturated heterocycles. The van der Waals surface area contributed by atoms with Gasteiger partial charge in [-0.05, 0) is 24.6 Å². The molecule has 1 aromatic rings. The van der Waals surface area contributed by atoms with Gasteiger partial charge < -0.3 is 15.7 Å². The largest absolute Gasteiger partial charge is 0.394 e. The summed E-state index contributed by atoms with van der Waals surface area (Å²) in [5.74, 6) is -1.43. The number of rotatable bonds is 6. The van der Waals surface area contributed by atoms with Crippen molar-refractivity contribution in [2.75, 3.05) is 13.2 Å². The minimum absolute atomic E-state index is 0.153. The Hall–Kier alpha value is -1.95. The number of carbonyl (C=O) groups is 2. The topological polar surface area (TPSA) is 78.4 Å². The number of amides is 2. The van der Waals surface area contributed by atoms with Crippen molar-refractivity contribution in [1.82, 2.24) is 10.6 Å². The lowest BCUT2D eigenvalue weighted by molar-refractivity contribution is -0.121. The summed E-state index contributed by atoms with van der Waals surface area (Å²) in [6.07, 6.45) is 0.597. The van der Waals surface area contributed by atoms with Crippen molar-refractivity contribution in [2.24, 2.45) is 0 Å². The highest BCUT2D eigenvalue weighted by Crippen LogP contribution is 2.02. The molecule has 0 unspecified atom stereocenters. The monoisotopic (exact) mass is 268 g/mol. The standard InChI is InChI=1S/C13H17FN2O3/c1-2-11(8-17)16-12(18)7-15-13(19)9-4-3-5-10(14)6-9/h3-6,11,17H,2,7-8H2,1H3,(H,15,19)(H,16,18)/t11-/m0/s1. The molecule has 6 heteroatoms. The summed E-state index contributed by atoms with van der Waals surface area (Å²) in [6.45, 7) is 1.46. The maximum atomic E-state index is 12.9. The quantitative estimate of drug-likeness (QED) is 0.700. The summed E-state index contributed by atoms with van der Waals surface area (Å²) < 4.78 is 12.9. The molecule has 0 spiro atoms. The van der Waals surface area contributed by atoms with Crippen molar-refractivity contribution >= 4 is 11.8 Å². The van der Waals surface area contributed by atoms with Gasteiger partial charge in [0, 0.05) is 5.56 Å². The van der Waals surface area contributed by atoms with Crippen LogP contribution in [0.1, 0.15) is 23.7 Å². The van der Waals surface area contributed by atoms with Crippen LogP contribution in [0.15, 0.2) is 24.3 Å². The van der Waals surface area contributed by atoms with E-state index in [4.69, 9.17) is 5.11 Å². The second kappa shape index (κ2) is 7.48. The molecule has 1 rings (SSSR count). The molecule has 104 valence electrons. The van der Waals surface area contributed by atoms with Crippen molar-refractivity contribution in [3.05, 3.63) is 35.6 Å². The Morgan fingerprint density at radius 2 is 2.16 bits per heavy atom. The van der Waals surface area contributed by atoms with Gasteiger partial charge in [0.15, 0.2) is 0 Å². The number of hydrogen-bond acceptors (Lipinski definition) is 3. The van der Waals surface area contributed by atoms with Crippen LogP contribution in [-0.2, 0) is 4.79 Å². The Balaban J connectivity index is 2.44. The molecule has 0 aliphatic rings. The Kier molecular flexibility index (Phi) is 5.95. The molecule has 0 fully saturated rings. The molecule has 1 atom stereocenters. The van der Waals surface area contributed by atoms with E-state index in [1.54, 1.807) is 0 Å². The van der Waals surface area contributed by atoms with Crippen molar-refractivity contribution in [1.29, 1.82) is 0 Å². The molecular formula is C13H17FN2O3. The molecule has 0 aromatic heterocycles. The number of nitrogens with one attached hydrogen (secondary N) is 2. The van der Waals surface area contributed by atoms with Crippen LogP contribution in [0.25, 0.3) is 0 Å². The third-order valence-electron chi connectivity index (χ3n) is 2.57. The zero-order valence-corrected chi connectivity index (χ0v) is 10.6. The van der Waals surface area contributed by atoms with Crippen LogP contribution in [0.3, 0.4) is 0 Å². The Bertz CT molecular complexity index is 447. The van der Waals surface area contributed by atoms with Gasteiger partial charge in [-0.2, -0.15) is 0 Å². The molecule has 5 nitrogen and oxygen atoms in total. The minimum Gasteiger partial charge on any atom is -0.394 e. The number of hydrogen-bond donors (Lipinski definition) is 3. The summed E-state index contributed by atoms with van der Waals surface area (Å²) in [4.78, 5) is 23.1.